The van der Waals surface area contributed by atoms with Crippen LogP contribution in [0.2, 0.25) is 0 Å². The van der Waals surface area contributed by atoms with Gasteiger partial charge >= 0.3 is 6.18 Å². The lowest BCUT2D eigenvalue weighted by atomic mass is 9.90. The molecule has 0 radical (unpaired) electrons. The molecule has 8 nitrogen and oxygen atoms in total. The summed E-state index contributed by atoms with van der Waals surface area (Å²) in [5, 5.41) is -0.270. The van der Waals surface area contributed by atoms with Crippen molar-refractivity contribution in [1.29, 1.82) is 0 Å². The number of amides is 1. The molecule has 1 aliphatic heterocycles. The number of nitrogens with zero attached hydrogens (tertiary/aromatic N) is 3. The molecule has 0 fully saturated rings. The number of hydrogen-bond acceptors (Lipinski definition) is 6. The van der Waals surface area contributed by atoms with Gasteiger partial charge in [0.05, 0.1) is 5.75 Å². The largest absolute Gasteiger partial charge is 0.433 e. The van der Waals surface area contributed by atoms with E-state index in [1.54, 1.807) is 18.2 Å². The molecule has 4 rings (SSSR count). The van der Waals surface area contributed by atoms with Crippen molar-refractivity contribution in [2.45, 2.75) is 31.2 Å². The Morgan fingerprint density at radius 2 is 1.94 bits per heavy atom. The second-order valence-electron chi connectivity index (χ2n) is 7.67. The van der Waals surface area contributed by atoms with E-state index < -0.39 is 33.4 Å². The molecule has 0 saturated heterocycles. The zero-order chi connectivity index (χ0) is 24.7. The number of carbonyl (C=O) groups excluding carboxylic acids is 2. The first-order chi connectivity index (χ1) is 16.0. The van der Waals surface area contributed by atoms with Crippen molar-refractivity contribution in [3.05, 3.63) is 76.4 Å². The number of aromatic nitrogens is 3. The number of nitrogens with one attached hydrogen (secondary N) is 1. The molecule has 34 heavy (non-hydrogen) atoms. The van der Waals surface area contributed by atoms with Crippen molar-refractivity contribution < 1.29 is 31.2 Å². The molecule has 1 aromatic carbocycles. The number of alkyl halides is 3. The summed E-state index contributed by atoms with van der Waals surface area (Å²) in [6, 6.07) is 6.84. The summed E-state index contributed by atoms with van der Waals surface area (Å²) >= 11 is 0. The van der Waals surface area contributed by atoms with Crippen molar-refractivity contribution in [2.24, 2.45) is 0 Å². The average molecular weight is 492 g/mol. The first-order valence-electron chi connectivity index (χ1n) is 10.3. The molecule has 1 aliphatic rings. The van der Waals surface area contributed by atoms with E-state index in [-0.39, 0.29) is 35.3 Å². The lowest BCUT2D eigenvalue weighted by Crippen LogP contribution is -2.36. The number of sulfone groups is 1. The van der Waals surface area contributed by atoms with Crippen LogP contribution in [0.1, 0.15) is 50.2 Å². The molecule has 1 amide bonds. The number of benzene rings is 1. The fourth-order valence-electron chi connectivity index (χ4n) is 3.72. The number of imidazole rings is 1. The quantitative estimate of drug-likeness (QED) is 0.548. The molecule has 0 aliphatic carbocycles. The highest BCUT2D eigenvalue weighted by Gasteiger charge is 2.33. The van der Waals surface area contributed by atoms with Crippen LogP contribution in [0.3, 0.4) is 0 Å². The Labute approximate surface area is 192 Å². The van der Waals surface area contributed by atoms with Gasteiger partial charge in [0.15, 0.2) is 5.78 Å². The summed E-state index contributed by atoms with van der Waals surface area (Å²) in [5.41, 5.74) is 0.665. The number of rotatable bonds is 5. The average Bonchev–Trinajstić information content (AvgIpc) is 3.33. The van der Waals surface area contributed by atoms with Crippen molar-refractivity contribution in [3.63, 3.8) is 0 Å². The lowest BCUT2D eigenvalue weighted by molar-refractivity contribution is -0.141. The third kappa shape index (κ3) is 4.45. The molecular formula is C22H19F3N4O4S. The van der Waals surface area contributed by atoms with Crippen LogP contribution in [0.25, 0.3) is 0 Å². The maximum absolute atomic E-state index is 13.0. The van der Waals surface area contributed by atoms with Gasteiger partial charge < -0.3 is 9.88 Å². The molecule has 178 valence electrons. The Kier molecular flexibility index (Phi) is 6.02. The summed E-state index contributed by atoms with van der Waals surface area (Å²) in [4.78, 5) is 37.1. The zero-order valence-electron chi connectivity index (χ0n) is 17.9. The normalized spacial score (nSPS) is 14.1. The SMILES string of the molecule is CCS(=O)(=O)c1nc(C(=O)N2CCc3c(cccc3C(=O)c3ccc(C(F)(F)F)nc3)C2)c[nH]1. The molecule has 12 heteroatoms. The molecule has 1 N–H and O–H groups in total. The van der Waals surface area contributed by atoms with Crippen LogP contribution in [0.5, 0.6) is 0 Å². The number of H-pyrrole nitrogens is 1. The molecule has 2 aromatic heterocycles. The molecule has 0 saturated carbocycles. The van der Waals surface area contributed by atoms with Crippen LogP contribution in [0.4, 0.5) is 13.2 Å². The summed E-state index contributed by atoms with van der Waals surface area (Å²) in [5.74, 6) is -1.07. The van der Waals surface area contributed by atoms with Gasteiger partial charge in [0, 0.05) is 36.6 Å². The van der Waals surface area contributed by atoms with Crippen molar-refractivity contribution in [3.8, 4) is 0 Å². The molecule has 0 unspecified atom stereocenters. The molecule has 0 bridgehead atoms. The lowest BCUT2D eigenvalue weighted by Gasteiger charge is -2.29. The van der Waals surface area contributed by atoms with Gasteiger partial charge in [-0.1, -0.05) is 25.1 Å². The topological polar surface area (TPSA) is 113 Å². The van der Waals surface area contributed by atoms with E-state index in [0.717, 1.165) is 18.3 Å². The van der Waals surface area contributed by atoms with Crippen molar-refractivity contribution in [2.75, 3.05) is 12.3 Å². The first kappa shape index (κ1) is 23.6. The second kappa shape index (κ2) is 8.67. The minimum atomic E-state index is -4.60. The highest BCUT2D eigenvalue weighted by molar-refractivity contribution is 7.91. The van der Waals surface area contributed by atoms with Crippen LogP contribution in [-0.4, -0.2) is 52.3 Å². The third-order valence-electron chi connectivity index (χ3n) is 5.56. The minimum absolute atomic E-state index is 0.0288. The number of carbonyl (C=O) groups is 2. The van der Waals surface area contributed by atoms with E-state index in [9.17, 15) is 31.2 Å². The van der Waals surface area contributed by atoms with E-state index in [1.165, 1.54) is 18.0 Å². The predicted molar refractivity (Wildman–Crippen MR) is 114 cm³/mol. The monoisotopic (exact) mass is 492 g/mol. The fourth-order valence-corrected chi connectivity index (χ4v) is 4.47. The van der Waals surface area contributed by atoms with E-state index in [4.69, 9.17) is 0 Å². The van der Waals surface area contributed by atoms with Crippen LogP contribution in [-0.2, 0) is 29.0 Å². The molecular weight excluding hydrogens is 473 g/mol. The van der Waals surface area contributed by atoms with Crippen LogP contribution >= 0.6 is 0 Å². The van der Waals surface area contributed by atoms with Crippen molar-refractivity contribution >= 4 is 21.5 Å². The summed E-state index contributed by atoms with van der Waals surface area (Å²) in [7, 11) is -3.59. The van der Waals surface area contributed by atoms with Gasteiger partial charge in [0.25, 0.3) is 5.91 Å². The number of aromatic amines is 1. The van der Waals surface area contributed by atoms with Gasteiger partial charge in [-0.3, -0.25) is 14.6 Å². The standard InChI is InChI=1S/C22H19F3N4O4S/c1-2-34(32,33)21-27-11-17(28-21)20(31)29-9-8-15-14(12-29)4-3-5-16(15)19(30)13-6-7-18(26-10-13)22(23,24)25/h3-7,10-11H,2,8-9,12H2,1H3,(H,27,28). The maximum atomic E-state index is 13.0. The molecule has 0 spiro atoms. The Morgan fingerprint density at radius 3 is 2.59 bits per heavy atom. The van der Waals surface area contributed by atoms with E-state index in [0.29, 0.717) is 23.1 Å². The zero-order valence-corrected chi connectivity index (χ0v) is 18.7. The fraction of sp³-hybridized carbons (Fsp3) is 0.273. The first-order valence-corrected chi connectivity index (χ1v) is 11.9. The van der Waals surface area contributed by atoms with Crippen molar-refractivity contribution in [1.82, 2.24) is 19.9 Å². The Balaban J connectivity index is 1.55. The van der Waals surface area contributed by atoms with E-state index in [1.807, 2.05) is 0 Å². The Bertz CT molecular complexity index is 1370. The number of halogens is 3. The van der Waals surface area contributed by atoms with Crippen LogP contribution < -0.4 is 0 Å². The van der Waals surface area contributed by atoms with Gasteiger partial charge in [0.1, 0.15) is 11.4 Å². The van der Waals surface area contributed by atoms with Gasteiger partial charge in [0.2, 0.25) is 15.0 Å². The minimum Gasteiger partial charge on any atom is -0.335 e. The number of hydrogen-bond donors (Lipinski definition) is 1. The van der Waals surface area contributed by atoms with Gasteiger partial charge in [-0.25, -0.2) is 13.4 Å². The Hall–Kier alpha value is -3.54. The number of ketones is 1. The van der Waals surface area contributed by atoms with E-state index >= 15 is 0 Å². The van der Waals surface area contributed by atoms with Gasteiger partial charge in [-0.05, 0) is 29.7 Å². The molecule has 0 atom stereocenters. The highest BCUT2D eigenvalue weighted by atomic mass is 32.2. The van der Waals surface area contributed by atoms with Gasteiger partial charge in [-0.2, -0.15) is 13.2 Å². The van der Waals surface area contributed by atoms with Crippen LogP contribution in [0, 0.1) is 0 Å². The molecule has 3 heterocycles. The molecule has 3 aromatic rings. The second-order valence-corrected chi connectivity index (χ2v) is 9.87. The number of pyridine rings is 1. The van der Waals surface area contributed by atoms with Crippen LogP contribution in [0.15, 0.2) is 47.9 Å². The predicted octanol–water partition coefficient (Wildman–Crippen LogP) is 3.05. The smallest absolute Gasteiger partial charge is 0.335 e. The number of fused-ring (bicyclic) bond motifs is 1. The maximum Gasteiger partial charge on any atom is 0.433 e. The van der Waals surface area contributed by atoms with Gasteiger partial charge in [-0.15, -0.1) is 0 Å². The highest BCUT2D eigenvalue weighted by Crippen LogP contribution is 2.29. The summed E-state index contributed by atoms with van der Waals surface area (Å²) < 4.78 is 62.2. The summed E-state index contributed by atoms with van der Waals surface area (Å²) in [6.07, 6.45) is -2.11. The third-order valence-corrected chi connectivity index (χ3v) is 7.12. The Morgan fingerprint density at radius 1 is 1.18 bits per heavy atom. The summed E-state index contributed by atoms with van der Waals surface area (Å²) in [6.45, 7) is 1.90. The van der Waals surface area contributed by atoms with E-state index in [2.05, 4.69) is 15.0 Å².